The van der Waals surface area contributed by atoms with Crippen molar-refractivity contribution in [2.24, 2.45) is 0 Å². The van der Waals surface area contributed by atoms with Gasteiger partial charge in [0.05, 0.1) is 19.2 Å². The maximum Gasteiger partial charge on any atom is 0.317 e. The highest BCUT2D eigenvalue weighted by molar-refractivity contribution is 5.75. The van der Waals surface area contributed by atoms with Crippen LogP contribution in [0.5, 0.6) is 0 Å². The molecule has 6 heteroatoms. The number of anilines is 1. The number of aliphatic hydroxyl groups is 1. The van der Waals surface area contributed by atoms with E-state index in [4.69, 9.17) is 0 Å². The zero-order valence-corrected chi connectivity index (χ0v) is 14.0. The first-order valence-corrected chi connectivity index (χ1v) is 8.44. The van der Waals surface area contributed by atoms with Crippen LogP contribution < -0.4 is 10.2 Å². The predicted octanol–water partition coefficient (Wildman–Crippen LogP) is 1.65. The van der Waals surface area contributed by atoms with E-state index in [1.54, 1.807) is 0 Å². The summed E-state index contributed by atoms with van der Waals surface area (Å²) in [6.45, 7) is 3.22. The Morgan fingerprint density at radius 1 is 1.39 bits per heavy atom. The standard InChI is InChI=1S/C17H26N4O2/c1-12-6-7-13-10-21(17(23)19-14-4-3-5-14)9-8-15(11-22)20(2)16(13)18-12/h6-7,14-15,22H,3-5,8-11H2,1-2H3,(H,19,23). The molecule has 2 heterocycles. The molecule has 0 bridgehead atoms. The molecule has 1 atom stereocenters. The molecular weight excluding hydrogens is 292 g/mol. The summed E-state index contributed by atoms with van der Waals surface area (Å²) in [5.41, 5.74) is 1.97. The maximum atomic E-state index is 12.5. The number of fused-ring (bicyclic) bond motifs is 1. The summed E-state index contributed by atoms with van der Waals surface area (Å²) in [5, 5.41) is 12.8. The van der Waals surface area contributed by atoms with Gasteiger partial charge in [-0.05, 0) is 38.7 Å². The van der Waals surface area contributed by atoms with Gasteiger partial charge in [0.25, 0.3) is 0 Å². The van der Waals surface area contributed by atoms with Gasteiger partial charge in [-0.3, -0.25) is 0 Å². The number of aryl methyl sites for hydroxylation is 1. The molecule has 2 aliphatic rings. The predicted molar refractivity (Wildman–Crippen MR) is 89.4 cm³/mol. The van der Waals surface area contributed by atoms with Gasteiger partial charge < -0.3 is 20.2 Å². The Morgan fingerprint density at radius 2 is 2.17 bits per heavy atom. The molecule has 1 aromatic heterocycles. The van der Waals surface area contributed by atoms with Crippen molar-refractivity contribution >= 4 is 11.8 Å². The van der Waals surface area contributed by atoms with Crippen LogP contribution in [0.1, 0.15) is 36.9 Å². The lowest BCUT2D eigenvalue weighted by molar-refractivity contribution is 0.175. The number of carbonyl (C=O) groups excluding carboxylic acids is 1. The average molecular weight is 318 g/mol. The van der Waals surface area contributed by atoms with Gasteiger partial charge in [0.1, 0.15) is 5.82 Å². The largest absolute Gasteiger partial charge is 0.394 e. The van der Waals surface area contributed by atoms with Gasteiger partial charge in [-0.25, -0.2) is 9.78 Å². The van der Waals surface area contributed by atoms with Crippen molar-refractivity contribution in [1.29, 1.82) is 0 Å². The van der Waals surface area contributed by atoms with Crippen molar-refractivity contribution in [3.8, 4) is 0 Å². The fourth-order valence-electron chi connectivity index (χ4n) is 3.16. The molecule has 1 aromatic rings. The number of hydrogen-bond acceptors (Lipinski definition) is 4. The minimum absolute atomic E-state index is 0.00229. The highest BCUT2D eigenvalue weighted by Crippen LogP contribution is 2.25. The molecule has 1 aliphatic carbocycles. The zero-order chi connectivity index (χ0) is 16.4. The quantitative estimate of drug-likeness (QED) is 0.870. The third-order valence-corrected chi connectivity index (χ3v) is 5.00. The van der Waals surface area contributed by atoms with Gasteiger partial charge in [-0.1, -0.05) is 6.07 Å². The summed E-state index contributed by atoms with van der Waals surface area (Å²) in [4.78, 5) is 21.1. The van der Waals surface area contributed by atoms with Crippen LogP contribution in [0.15, 0.2) is 12.1 Å². The Kier molecular flexibility index (Phi) is 4.71. The molecular formula is C17H26N4O2. The van der Waals surface area contributed by atoms with E-state index in [1.165, 1.54) is 6.42 Å². The average Bonchev–Trinajstić information content (AvgIpc) is 2.49. The molecule has 1 fully saturated rings. The number of amides is 2. The lowest BCUT2D eigenvalue weighted by Crippen LogP contribution is -2.49. The molecule has 0 spiro atoms. The first-order valence-electron chi connectivity index (χ1n) is 8.44. The topological polar surface area (TPSA) is 68.7 Å². The van der Waals surface area contributed by atoms with E-state index in [9.17, 15) is 9.90 Å². The number of rotatable bonds is 2. The number of urea groups is 1. The first kappa shape index (κ1) is 16.1. The molecule has 0 radical (unpaired) electrons. The molecule has 1 saturated carbocycles. The summed E-state index contributed by atoms with van der Waals surface area (Å²) in [6.07, 6.45) is 4.10. The molecule has 1 aliphatic heterocycles. The SMILES string of the molecule is Cc1ccc2c(n1)N(C)C(CO)CCN(C(=O)NC1CCC1)C2. The monoisotopic (exact) mass is 318 g/mol. The van der Waals surface area contributed by atoms with E-state index < -0.39 is 0 Å². The lowest BCUT2D eigenvalue weighted by atomic mass is 9.93. The third kappa shape index (κ3) is 3.42. The number of hydrogen-bond donors (Lipinski definition) is 2. The molecule has 2 N–H and O–H groups in total. The number of nitrogens with zero attached hydrogens (tertiary/aromatic N) is 3. The highest BCUT2D eigenvalue weighted by atomic mass is 16.3. The summed E-state index contributed by atoms with van der Waals surface area (Å²) in [7, 11) is 1.97. The van der Waals surface area contributed by atoms with E-state index in [2.05, 4.69) is 10.3 Å². The van der Waals surface area contributed by atoms with Gasteiger partial charge in [0.2, 0.25) is 0 Å². The van der Waals surface area contributed by atoms with Crippen LogP contribution >= 0.6 is 0 Å². The summed E-state index contributed by atoms with van der Waals surface area (Å²) in [5.74, 6) is 0.866. The normalized spacial score (nSPS) is 22.0. The van der Waals surface area contributed by atoms with E-state index >= 15 is 0 Å². The molecule has 0 saturated heterocycles. The van der Waals surface area contributed by atoms with E-state index in [0.717, 1.165) is 36.3 Å². The van der Waals surface area contributed by atoms with E-state index in [1.807, 2.05) is 35.9 Å². The van der Waals surface area contributed by atoms with Gasteiger partial charge in [0.15, 0.2) is 0 Å². The van der Waals surface area contributed by atoms with Gasteiger partial charge in [0, 0.05) is 30.9 Å². The minimum atomic E-state index is -0.0256. The third-order valence-electron chi connectivity index (χ3n) is 5.00. The molecule has 23 heavy (non-hydrogen) atoms. The number of aliphatic hydroxyl groups excluding tert-OH is 1. The van der Waals surface area contributed by atoms with Crippen molar-refractivity contribution in [3.05, 3.63) is 23.4 Å². The van der Waals surface area contributed by atoms with Crippen LogP contribution in [0.4, 0.5) is 10.6 Å². The fourth-order valence-corrected chi connectivity index (χ4v) is 3.16. The first-order chi connectivity index (χ1) is 11.1. The second-order valence-electron chi connectivity index (χ2n) is 6.67. The fraction of sp³-hybridized carbons (Fsp3) is 0.647. The van der Waals surface area contributed by atoms with Crippen LogP contribution in [0.2, 0.25) is 0 Å². The van der Waals surface area contributed by atoms with Crippen molar-refractivity contribution in [1.82, 2.24) is 15.2 Å². The molecule has 6 nitrogen and oxygen atoms in total. The number of pyridine rings is 1. The Hall–Kier alpha value is -1.82. The molecule has 2 amide bonds. The van der Waals surface area contributed by atoms with Gasteiger partial charge in [-0.15, -0.1) is 0 Å². The van der Waals surface area contributed by atoms with Crippen LogP contribution in [0, 0.1) is 6.92 Å². The highest BCUT2D eigenvalue weighted by Gasteiger charge is 2.28. The summed E-state index contributed by atoms with van der Waals surface area (Å²) in [6, 6.07) is 4.33. The van der Waals surface area contributed by atoms with Crippen LogP contribution in [0.3, 0.4) is 0 Å². The van der Waals surface area contributed by atoms with Crippen molar-refractivity contribution < 1.29 is 9.90 Å². The lowest BCUT2D eigenvalue weighted by Gasteiger charge is -2.37. The molecule has 0 aromatic carbocycles. The second-order valence-corrected chi connectivity index (χ2v) is 6.67. The number of nitrogens with one attached hydrogen (secondary N) is 1. The number of likely N-dealkylation sites (N-methyl/N-ethyl adjacent to an activating group) is 1. The molecule has 3 rings (SSSR count). The summed E-state index contributed by atoms with van der Waals surface area (Å²) >= 11 is 0. The Bertz CT molecular complexity index is 574. The van der Waals surface area contributed by atoms with Gasteiger partial charge in [-0.2, -0.15) is 0 Å². The Labute approximate surface area is 137 Å². The Morgan fingerprint density at radius 3 is 2.83 bits per heavy atom. The maximum absolute atomic E-state index is 12.5. The number of carbonyl (C=O) groups is 1. The van der Waals surface area contributed by atoms with E-state index in [0.29, 0.717) is 19.1 Å². The Balaban J connectivity index is 1.83. The van der Waals surface area contributed by atoms with Crippen LogP contribution in [-0.2, 0) is 6.54 Å². The second kappa shape index (κ2) is 6.74. The summed E-state index contributed by atoms with van der Waals surface area (Å²) < 4.78 is 0. The smallest absolute Gasteiger partial charge is 0.317 e. The molecule has 1 unspecified atom stereocenters. The zero-order valence-electron chi connectivity index (χ0n) is 14.0. The van der Waals surface area contributed by atoms with Crippen LogP contribution in [-0.4, -0.2) is 53.3 Å². The van der Waals surface area contributed by atoms with Crippen molar-refractivity contribution in [2.75, 3.05) is 25.1 Å². The van der Waals surface area contributed by atoms with Gasteiger partial charge >= 0.3 is 6.03 Å². The molecule has 126 valence electrons. The van der Waals surface area contributed by atoms with Crippen LogP contribution in [0.25, 0.3) is 0 Å². The van der Waals surface area contributed by atoms with E-state index in [-0.39, 0.29) is 18.7 Å². The van der Waals surface area contributed by atoms with Crippen molar-refractivity contribution in [3.63, 3.8) is 0 Å². The minimum Gasteiger partial charge on any atom is -0.394 e. The number of aromatic nitrogens is 1. The van der Waals surface area contributed by atoms with Crippen molar-refractivity contribution in [2.45, 2.75) is 51.2 Å².